The zero-order valence-electron chi connectivity index (χ0n) is 10.4. The molecule has 1 amide bonds. The van der Waals surface area contributed by atoms with Crippen molar-refractivity contribution in [2.45, 2.75) is 25.7 Å². The predicted octanol–water partition coefficient (Wildman–Crippen LogP) is 1.15. The number of carbonyl (C=O) groups excluding carboxylic acids is 1. The zero-order chi connectivity index (χ0) is 14.0. The third-order valence-corrected chi connectivity index (χ3v) is 2.92. The Bertz CT molecular complexity index is 458. The summed E-state index contributed by atoms with van der Waals surface area (Å²) in [4.78, 5) is 13.6. The third-order valence-electron chi connectivity index (χ3n) is 2.92. The van der Waals surface area contributed by atoms with Crippen molar-refractivity contribution in [3.8, 4) is 0 Å². The van der Waals surface area contributed by atoms with E-state index in [2.05, 4.69) is 5.10 Å². The second kappa shape index (κ2) is 5.20. The van der Waals surface area contributed by atoms with E-state index >= 15 is 0 Å². The molecule has 0 aromatic carbocycles. The largest absolute Gasteiger partial charge is 0.435 e. The Morgan fingerprint density at radius 3 is 2.89 bits per heavy atom. The van der Waals surface area contributed by atoms with E-state index in [-0.39, 0.29) is 18.5 Å². The normalized spacial score (nSPS) is 20.6. The number of carbonyl (C=O) groups is 1. The topological polar surface area (TPSA) is 47.4 Å². The summed E-state index contributed by atoms with van der Waals surface area (Å²) in [5, 5.41) is 3.35. The maximum atomic E-state index is 12.4. The second-order valence-electron chi connectivity index (χ2n) is 4.41. The molecule has 0 saturated carbocycles. The van der Waals surface area contributed by atoms with E-state index in [1.165, 1.54) is 0 Å². The zero-order valence-corrected chi connectivity index (χ0v) is 10.4. The summed E-state index contributed by atoms with van der Waals surface area (Å²) in [6, 6.07) is 0.787. The minimum Gasteiger partial charge on any atom is -0.377 e. The van der Waals surface area contributed by atoms with Gasteiger partial charge in [-0.3, -0.25) is 9.48 Å². The summed E-state index contributed by atoms with van der Waals surface area (Å²) >= 11 is 0. The van der Waals surface area contributed by atoms with Crippen LogP contribution in [0, 0.1) is 0 Å². The smallest absolute Gasteiger partial charge is 0.377 e. The van der Waals surface area contributed by atoms with E-state index in [0.717, 1.165) is 16.9 Å². The first-order valence-electron chi connectivity index (χ1n) is 5.86. The van der Waals surface area contributed by atoms with Crippen LogP contribution in [0.15, 0.2) is 12.3 Å². The van der Waals surface area contributed by atoms with Crippen molar-refractivity contribution in [1.29, 1.82) is 0 Å². The van der Waals surface area contributed by atoms with Crippen LogP contribution in [0.4, 0.5) is 13.2 Å². The molecule has 0 bridgehead atoms. The molecule has 2 heterocycles. The molecule has 1 saturated heterocycles. The van der Waals surface area contributed by atoms with Crippen LogP contribution >= 0.6 is 0 Å². The van der Waals surface area contributed by atoms with E-state index in [9.17, 15) is 18.0 Å². The minimum atomic E-state index is -4.49. The third kappa shape index (κ3) is 3.25. The van der Waals surface area contributed by atoms with Crippen LogP contribution in [0.3, 0.4) is 0 Å². The minimum absolute atomic E-state index is 0.0705. The van der Waals surface area contributed by atoms with Gasteiger partial charge in [-0.25, -0.2) is 0 Å². The summed E-state index contributed by atoms with van der Waals surface area (Å²) in [5.41, 5.74) is -0.990. The Labute approximate surface area is 107 Å². The van der Waals surface area contributed by atoms with E-state index in [1.807, 2.05) is 6.92 Å². The lowest BCUT2D eigenvalue weighted by atomic mass is 10.2. The fourth-order valence-corrected chi connectivity index (χ4v) is 1.93. The first-order chi connectivity index (χ1) is 8.88. The highest BCUT2D eigenvalue weighted by molar-refractivity contribution is 5.76. The molecule has 8 heteroatoms. The summed E-state index contributed by atoms with van der Waals surface area (Å²) in [7, 11) is 0. The Morgan fingerprint density at radius 1 is 1.58 bits per heavy atom. The van der Waals surface area contributed by atoms with Crippen molar-refractivity contribution in [3.05, 3.63) is 18.0 Å². The van der Waals surface area contributed by atoms with E-state index in [0.29, 0.717) is 19.8 Å². The number of halogens is 3. The summed E-state index contributed by atoms with van der Waals surface area (Å²) in [5.74, 6) is -0.257. The molecule has 1 aliphatic heterocycles. The number of nitrogens with zero attached hydrogens (tertiary/aromatic N) is 3. The molecule has 19 heavy (non-hydrogen) atoms. The molecule has 1 fully saturated rings. The summed E-state index contributed by atoms with van der Waals surface area (Å²) in [6.07, 6.45) is -3.33. The fourth-order valence-electron chi connectivity index (χ4n) is 1.93. The quantitative estimate of drug-likeness (QED) is 0.814. The summed E-state index contributed by atoms with van der Waals surface area (Å²) in [6.45, 7) is 2.98. The molecular weight excluding hydrogens is 263 g/mol. The van der Waals surface area contributed by atoms with Crippen molar-refractivity contribution >= 4 is 5.91 Å². The lowest BCUT2D eigenvalue weighted by Gasteiger charge is -2.33. The fraction of sp³-hybridized carbons (Fsp3) is 0.636. The summed E-state index contributed by atoms with van der Waals surface area (Å²) < 4.78 is 43.3. The van der Waals surface area contributed by atoms with Crippen LogP contribution in [0.2, 0.25) is 0 Å². The van der Waals surface area contributed by atoms with Gasteiger partial charge in [-0.1, -0.05) is 0 Å². The van der Waals surface area contributed by atoms with Gasteiger partial charge in [-0.05, 0) is 13.0 Å². The van der Waals surface area contributed by atoms with E-state index in [1.54, 1.807) is 4.90 Å². The molecule has 2 rings (SSSR count). The average molecular weight is 277 g/mol. The number of rotatable bonds is 2. The molecule has 0 radical (unpaired) electrons. The predicted molar refractivity (Wildman–Crippen MR) is 59.2 cm³/mol. The van der Waals surface area contributed by atoms with Gasteiger partial charge in [0.25, 0.3) is 0 Å². The Hall–Kier alpha value is -1.57. The van der Waals surface area contributed by atoms with Crippen molar-refractivity contribution in [2.24, 2.45) is 0 Å². The molecule has 5 nitrogen and oxygen atoms in total. The van der Waals surface area contributed by atoms with Gasteiger partial charge in [-0.15, -0.1) is 0 Å². The second-order valence-corrected chi connectivity index (χ2v) is 4.41. The van der Waals surface area contributed by atoms with Gasteiger partial charge in [-0.2, -0.15) is 18.3 Å². The van der Waals surface area contributed by atoms with Crippen molar-refractivity contribution in [2.75, 3.05) is 19.8 Å². The molecule has 0 spiro atoms. The van der Waals surface area contributed by atoms with Crippen LogP contribution < -0.4 is 0 Å². The van der Waals surface area contributed by atoms with Gasteiger partial charge in [0.2, 0.25) is 5.91 Å². The molecular formula is C11H14F3N3O2. The highest BCUT2D eigenvalue weighted by Crippen LogP contribution is 2.27. The first kappa shape index (κ1) is 13.9. The van der Waals surface area contributed by atoms with E-state index < -0.39 is 11.9 Å². The lowest BCUT2D eigenvalue weighted by molar-refractivity contribution is -0.143. The maximum Gasteiger partial charge on any atom is 0.435 e. The van der Waals surface area contributed by atoms with Gasteiger partial charge in [0, 0.05) is 12.7 Å². The Kier molecular flexibility index (Phi) is 3.79. The van der Waals surface area contributed by atoms with Crippen LogP contribution in [-0.4, -0.2) is 46.4 Å². The average Bonchev–Trinajstić information content (AvgIpc) is 2.77. The van der Waals surface area contributed by atoms with Crippen LogP contribution in [0.5, 0.6) is 0 Å². The lowest BCUT2D eigenvalue weighted by Crippen LogP contribution is -2.48. The maximum absolute atomic E-state index is 12.4. The molecule has 1 aromatic rings. The highest BCUT2D eigenvalue weighted by atomic mass is 19.4. The van der Waals surface area contributed by atoms with Crippen LogP contribution in [0.1, 0.15) is 12.6 Å². The van der Waals surface area contributed by atoms with Gasteiger partial charge in [0.1, 0.15) is 6.54 Å². The molecule has 1 aliphatic rings. The number of morpholine rings is 1. The van der Waals surface area contributed by atoms with Crippen LogP contribution in [-0.2, 0) is 22.3 Å². The molecule has 106 valence electrons. The highest BCUT2D eigenvalue weighted by Gasteiger charge is 2.34. The molecule has 0 aliphatic carbocycles. The van der Waals surface area contributed by atoms with Gasteiger partial charge in [0.05, 0.1) is 19.3 Å². The monoisotopic (exact) mass is 277 g/mol. The van der Waals surface area contributed by atoms with Crippen LogP contribution in [0.25, 0.3) is 0 Å². The SMILES string of the molecule is CC1COCCN1C(=O)Cn1ccc(C(F)(F)F)n1. The first-order valence-corrected chi connectivity index (χ1v) is 5.86. The van der Waals surface area contributed by atoms with Crippen molar-refractivity contribution in [1.82, 2.24) is 14.7 Å². The Morgan fingerprint density at radius 2 is 2.32 bits per heavy atom. The molecule has 1 atom stereocenters. The van der Waals surface area contributed by atoms with Gasteiger partial charge in [0.15, 0.2) is 5.69 Å². The number of hydrogen-bond donors (Lipinski definition) is 0. The van der Waals surface area contributed by atoms with Gasteiger partial charge >= 0.3 is 6.18 Å². The molecule has 1 unspecified atom stereocenters. The van der Waals surface area contributed by atoms with Gasteiger partial charge < -0.3 is 9.64 Å². The number of alkyl halides is 3. The number of hydrogen-bond acceptors (Lipinski definition) is 3. The van der Waals surface area contributed by atoms with Crippen molar-refractivity contribution < 1.29 is 22.7 Å². The standard InChI is InChI=1S/C11H14F3N3O2/c1-8-7-19-5-4-17(8)10(18)6-16-3-2-9(15-16)11(12,13)14/h2-3,8H,4-7H2,1H3. The Balaban J connectivity index is 2.00. The number of amides is 1. The van der Waals surface area contributed by atoms with Crippen molar-refractivity contribution in [3.63, 3.8) is 0 Å². The molecule has 1 aromatic heterocycles. The van der Waals surface area contributed by atoms with E-state index in [4.69, 9.17) is 4.74 Å². The molecule has 0 N–H and O–H groups in total. The number of ether oxygens (including phenoxy) is 1. The number of aromatic nitrogens is 2.